The summed E-state index contributed by atoms with van der Waals surface area (Å²) in [5.41, 5.74) is 5.53. The molecule has 4 aromatic rings. The number of hydrogen-bond donors (Lipinski definition) is 2. The van der Waals surface area contributed by atoms with Gasteiger partial charge in [-0.05, 0) is 66.0 Å². The molecule has 0 saturated carbocycles. The van der Waals surface area contributed by atoms with E-state index in [1.165, 1.54) is 0 Å². The summed E-state index contributed by atoms with van der Waals surface area (Å²) in [5, 5.41) is 1.67. The number of hydrogen-bond acceptors (Lipinski definition) is 3. The predicted molar refractivity (Wildman–Crippen MR) is 162 cm³/mol. The number of amides is 2. The summed E-state index contributed by atoms with van der Waals surface area (Å²) in [6.45, 7) is 8.66. The van der Waals surface area contributed by atoms with Gasteiger partial charge in [0.25, 0.3) is 5.56 Å². The van der Waals surface area contributed by atoms with Gasteiger partial charge in [0.1, 0.15) is 0 Å². The third kappa shape index (κ3) is 5.30. The Kier molecular flexibility index (Phi) is 7.00. The third-order valence-electron chi connectivity index (χ3n) is 8.77. The molecule has 1 atom stereocenters. The Hall–Kier alpha value is -3.52. The number of halogens is 1. The Labute approximate surface area is 244 Å². The fraction of sp³-hybridized carbons (Fsp3) is 0.469. The molecular formula is C32H38ClN5O3. The van der Waals surface area contributed by atoms with Crippen LogP contribution in [0, 0.1) is 11.3 Å². The number of carbonyl (C=O) groups excluding carboxylic acids is 2. The largest absolute Gasteiger partial charge is 0.360 e. The average Bonchev–Trinajstić information content (AvgIpc) is 3.53. The van der Waals surface area contributed by atoms with Gasteiger partial charge in [-0.2, -0.15) is 0 Å². The molecule has 2 aliphatic heterocycles. The first-order valence-corrected chi connectivity index (χ1v) is 14.9. The number of fused-ring (bicyclic) bond motifs is 4. The van der Waals surface area contributed by atoms with Gasteiger partial charge in [0.2, 0.25) is 11.8 Å². The standard InChI is InChI=1S/C32H38ClN5O3/c1-32(2,3)18-38-17-24-20(14-25(33)29-22(24)5-9-34-29)13-21(31(38)41)15-28(39)37-11-6-19(7-12-37)23-16-27-26(35-30(23)40)8-10-36(27)4/h5,8-10,14,16,19,21,34H,6-7,11-13,15,17-18H2,1-4H3,(H,35,40)/t21-/m0/s1. The molecule has 1 aromatic carbocycles. The second kappa shape index (κ2) is 10.4. The van der Waals surface area contributed by atoms with Crippen LogP contribution in [0.1, 0.15) is 62.6 Å². The molecule has 0 aliphatic carbocycles. The molecule has 6 rings (SSSR count). The van der Waals surface area contributed by atoms with Crippen LogP contribution in [0.5, 0.6) is 0 Å². The van der Waals surface area contributed by atoms with Crippen molar-refractivity contribution in [3.63, 3.8) is 0 Å². The number of H-pyrrole nitrogens is 2. The Morgan fingerprint density at radius 1 is 1.12 bits per heavy atom. The van der Waals surface area contributed by atoms with Gasteiger partial charge >= 0.3 is 0 Å². The monoisotopic (exact) mass is 575 g/mol. The molecule has 0 bridgehead atoms. The number of aromatic nitrogens is 3. The second-order valence-electron chi connectivity index (χ2n) is 13.1. The first kappa shape index (κ1) is 27.6. The lowest BCUT2D eigenvalue weighted by atomic mass is 9.89. The normalized spacial score (nSPS) is 18.8. The van der Waals surface area contributed by atoms with E-state index in [2.05, 4.69) is 30.7 Å². The molecule has 2 amide bonds. The number of benzene rings is 1. The van der Waals surface area contributed by atoms with Crippen molar-refractivity contribution in [2.75, 3.05) is 19.6 Å². The van der Waals surface area contributed by atoms with Crippen LogP contribution >= 0.6 is 11.6 Å². The molecule has 2 aliphatic rings. The summed E-state index contributed by atoms with van der Waals surface area (Å²) in [4.78, 5) is 50.4. The van der Waals surface area contributed by atoms with Crippen molar-refractivity contribution in [1.82, 2.24) is 24.3 Å². The Balaban J connectivity index is 1.20. The SMILES string of the molecule is Cn1ccc2[nH]c(=O)c(C3CCN(C(=O)C[C@@H]4Cc5cc(Cl)c6[nH]ccc6c5CN(CC(C)(C)C)C4=O)CC3)cc21. The summed E-state index contributed by atoms with van der Waals surface area (Å²) in [6, 6.07) is 7.89. The summed E-state index contributed by atoms with van der Waals surface area (Å²) in [7, 11) is 1.97. The molecule has 216 valence electrons. The summed E-state index contributed by atoms with van der Waals surface area (Å²) in [5.74, 6) is -0.316. The van der Waals surface area contributed by atoms with Gasteiger partial charge in [-0.15, -0.1) is 0 Å². The highest BCUT2D eigenvalue weighted by Crippen LogP contribution is 2.36. The molecule has 41 heavy (non-hydrogen) atoms. The number of aromatic amines is 2. The number of nitrogens with zero attached hydrogens (tertiary/aromatic N) is 3. The zero-order valence-electron chi connectivity index (χ0n) is 24.2. The summed E-state index contributed by atoms with van der Waals surface area (Å²) < 4.78 is 2.01. The molecule has 2 N–H and O–H groups in total. The number of likely N-dealkylation sites (tertiary alicyclic amines) is 1. The molecule has 1 fully saturated rings. The van der Waals surface area contributed by atoms with Crippen LogP contribution in [0.4, 0.5) is 0 Å². The highest BCUT2D eigenvalue weighted by atomic mass is 35.5. The van der Waals surface area contributed by atoms with Crippen LogP contribution in [0.25, 0.3) is 21.9 Å². The van der Waals surface area contributed by atoms with E-state index in [1.54, 1.807) is 0 Å². The second-order valence-corrected chi connectivity index (χ2v) is 13.5. The van der Waals surface area contributed by atoms with Gasteiger partial charge in [0.15, 0.2) is 0 Å². The van der Waals surface area contributed by atoms with Gasteiger partial charge in [-0.1, -0.05) is 32.4 Å². The van der Waals surface area contributed by atoms with Gasteiger partial charge in [0.05, 0.1) is 27.5 Å². The number of carbonyl (C=O) groups is 2. The maximum absolute atomic E-state index is 13.9. The van der Waals surface area contributed by atoms with Crippen molar-refractivity contribution in [3.8, 4) is 0 Å². The fourth-order valence-corrected chi connectivity index (χ4v) is 7.02. The molecule has 0 spiro atoms. The van der Waals surface area contributed by atoms with E-state index in [9.17, 15) is 14.4 Å². The molecule has 0 radical (unpaired) electrons. The van der Waals surface area contributed by atoms with Crippen LogP contribution in [0.15, 0.2) is 41.5 Å². The van der Waals surface area contributed by atoms with Crippen molar-refractivity contribution in [2.45, 2.75) is 58.9 Å². The van der Waals surface area contributed by atoms with Crippen LogP contribution < -0.4 is 5.56 Å². The number of aryl methyl sites for hydroxylation is 1. The van der Waals surface area contributed by atoms with Crippen molar-refractivity contribution >= 4 is 45.4 Å². The quantitative estimate of drug-likeness (QED) is 0.344. The minimum atomic E-state index is -0.445. The average molecular weight is 576 g/mol. The van der Waals surface area contributed by atoms with E-state index in [4.69, 9.17) is 11.6 Å². The van der Waals surface area contributed by atoms with E-state index in [0.717, 1.165) is 51.5 Å². The van der Waals surface area contributed by atoms with Crippen molar-refractivity contribution in [3.05, 3.63) is 68.7 Å². The minimum Gasteiger partial charge on any atom is -0.360 e. The zero-order valence-corrected chi connectivity index (χ0v) is 25.0. The van der Waals surface area contributed by atoms with E-state index in [0.29, 0.717) is 37.6 Å². The molecule has 8 nitrogen and oxygen atoms in total. The van der Waals surface area contributed by atoms with Crippen molar-refractivity contribution < 1.29 is 9.59 Å². The summed E-state index contributed by atoms with van der Waals surface area (Å²) in [6.07, 6.45) is 5.93. The smallest absolute Gasteiger partial charge is 0.252 e. The first-order valence-electron chi connectivity index (χ1n) is 14.5. The molecule has 0 unspecified atom stereocenters. The number of rotatable bonds is 4. The number of pyridine rings is 1. The lowest BCUT2D eigenvalue weighted by molar-refractivity contribution is -0.142. The lowest BCUT2D eigenvalue weighted by Gasteiger charge is -2.34. The van der Waals surface area contributed by atoms with Crippen LogP contribution in [-0.4, -0.2) is 55.8 Å². The van der Waals surface area contributed by atoms with E-state index in [-0.39, 0.29) is 35.1 Å². The number of piperidine rings is 1. The number of nitrogens with one attached hydrogen (secondary N) is 2. The van der Waals surface area contributed by atoms with E-state index in [1.807, 2.05) is 58.1 Å². The van der Waals surface area contributed by atoms with Gasteiger partial charge < -0.3 is 24.3 Å². The van der Waals surface area contributed by atoms with Gasteiger partial charge in [0, 0.05) is 63.0 Å². The maximum Gasteiger partial charge on any atom is 0.252 e. The van der Waals surface area contributed by atoms with Gasteiger partial charge in [-0.25, -0.2) is 0 Å². The van der Waals surface area contributed by atoms with Crippen molar-refractivity contribution in [2.24, 2.45) is 18.4 Å². The molecular weight excluding hydrogens is 538 g/mol. The third-order valence-corrected chi connectivity index (χ3v) is 9.07. The fourth-order valence-electron chi connectivity index (χ4n) is 6.74. The Morgan fingerprint density at radius 2 is 1.88 bits per heavy atom. The van der Waals surface area contributed by atoms with Crippen LogP contribution in [0.2, 0.25) is 5.02 Å². The van der Waals surface area contributed by atoms with Crippen LogP contribution in [0.3, 0.4) is 0 Å². The van der Waals surface area contributed by atoms with Gasteiger partial charge in [-0.3, -0.25) is 14.4 Å². The first-order chi connectivity index (χ1) is 19.5. The minimum absolute atomic E-state index is 0.00146. The Morgan fingerprint density at radius 3 is 2.61 bits per heavy atom. The van der Waals surface area contributed by atoms with E-state index < -0.39 is 5.92 Å². The Bertz CT molecular complexity index is 1700. The predicted octanol–water partition coefficient (Wildman–Crippen LogP) is 5.34. The zero-order chi connectivity index (χ0) is 29.1. The highest BCUT2D eigenvalue weighted by molar-refractivity contribution is 6.35. The topological polar surface area (TPSA) is 94.2 Å². The van der Waals surface area contributed by atoms with Crippen LogP contribution in [-0.2, 0) is 29.6 Å². The molecule has 9 heteroatoms. The van der Waals surface area contributed by atoms with E-state index >= 15 is 0 Å². The summed E-state index contributed by atoms with van der Waals surface area (Å²) >= 11 is 6.62. The lowest BCUT2D eigenvalue weighted by Crippen LogP contribution is -2.43. The molecule has 5 heterocycles. The molecule has 3 aromatic heterocycles. The van der Waals surface area contributed by atoms with Crippen molar-refractivity contribution in [1.29, 1.82) is 0 Å². The highest BCUT2D eigenvalue weighted by Gasteiger charge is 2.36. The molecule has 1 saturated heterocycles. The maximum atomic E-state index is 13.9.